The molecule has 2 aromatic carbocycles. The van der Waals surface area contributed by atoms with E-state index in [9.17, 15) is 19.3 Å². The van der Waals surface area contributed by atoms with Gasteiger partial charge in [0.1, 0.15) is 11.4 Å². The van der Waals surface area contributed by atoms with Crippen LogP contribution in [0.1, 0.15) is 96.8 Å². The Kier molecular flexibility index (Phi) is 13.5. The Hall–Kier alpha value is -4.54. The van der Waals surface area contributed by atoms with Crippen molar-refractivity contribution in [2.45, 2.75) is 96.8 Å². The topological polar surface area (TPSA) is 124 Å². The summed E-state index contributed by atoms with van der Waals surface area (Å²) in [5.41, 5.74) is 2.11. The van der Waals surface area contributed by atoms with Gasteiger partial charge >= 0.3 is 5.69 Å². The molecule has 0 aliphatic heterocycles. The van der Waals surface area contributed by atoms with Gasteiger partial charge in [-0.05, 0) is 12.5 Å². The largest absolute Gasteiger partial charge is 0.494 e. The number of nitrogens with one attached hydrogen (secondary N) is 2. The number of fused-ring (bicyclic) bond motifs is 1. The van der Waals surface area contributed by atoms with Crippen LogP contribution in [0.5, 0.6) is 5.75 Å². The summed E-state index contributed by atoms with van der Waals surface area (Å²) >= 11 is 0. The quantitative estimate of drug-likeness (QED) is 0.0556. The zero-order chi connectivity index (χ0) is 33.6. The van der Waals surface area contributed by atoms with Gasteiger partial charge in [0.15, 0.2) is 0 Å². The van der Waals surface area contributed by atoms with Crippen LogP contribution < -0.4 is 15.4 Å². The Morgan fingerprint density at radius 2 is 1.60 bits per heavy atom. The Morgan fingerprint density at radius 3 is 2.23 bits per heavy atom. The Morgan fingerprint density at radius 1 is 0.957 bits per heavy atom. The van der Waals surface area contributed by atoms with Crippen LogP contribution in [-0.4, -0.2) is 32.5 Å². The van der Waals surface area contributed by atoms with Crippen molar-refractivity contribution >= 4 is 39.8 Å². The monoisotopic (exact) mass is 646 g/mol. The molecule has 4 rings (SSSR count). The van der Waals surface area contributed by atoms with Crippen molar-refractivity contribution in [3.05, 3.63) is 64.7 Å². The SMILES string of the molecule is CCCCCCCCCCCCCCCC(=O)Nc1cnc(Nc2cc([N+](=O)[O-])c(F)cc2OC)nc1-c1cn(C)c2ccccc12. The van der Waals surface area contributed by atoms with Crippen molar-refractivity contribution in [2.24, 2.45) is 7.05 Å². The van der Waals surface area contributed by atoms with E-state index in [-0.39, 0.29) is 23.3 Å². The number of halogens is 1. The minimum absolute atomic E-state index is 0.0543. The lowest BCUT2D eigenvalue weighted by Gasteiger charge is -2.14. The molecule has 2 aromatic heterocycles. The molecule has 0 saturated heterocycles. The third-order valence-corrected chi connectivity index (χ3v) is 8.43. The van der Waals surface area contributed by atoms with Crippen LogP contribution in [0.4, 0.5) is 27.4 Å². The number of rotatable bonds is 20. The van der Waals surface area contributed by atoms with Crippen molar-refractivity contribution in [1.29, 1.82) is 0 Å². The molecule has 10 nitrogen and oxygen atoms in total. The second-order valence-corrected chi connectivity index (χ2v) is 12.1. The van der Waals surface area contributed by atoms with E-state index in [1.54, 1.807) is 0 Å². The number of carbonyl (C=O) groups excluding carboxylic acids is 1. The first-order chi connectivity index (χ1) is 22.8. The summed E-state index contributed by atoms with van der Waals surface area (Å²) in [5.74, 6) is -0.980. The second kappa shape index (κ2) is 18.0. The van der Waals surface area contributed by atoms with Gasteiger partial charge in [0, 0.05) is 48.3 Å². The molecular weight excluding hydrogens is 599 g/mol. The smallest absolute Gasteiger partial charge is 0.307 e. The summed E-state index contributed by atoms with van der Waals surface area (Å²) in [7, 11) is 3.27. The molecule has 2 heterocycles. The number of aromatic nitrogens is 3. The first-order valence-corrected chi connectivity index (χ1v) is 16.8. The number of ether oxygens (including phenoxy) is 1. The Labute approximate surface area is 276 Å². The first kappa shape index (κ1) is 35.3. The fourth-order valence-electron chi connectivity index (χ4n) is 5.86. The van der Waals surface area contributed by atoms with E-state index in [1.807, 2.05) is 42.1 Å². The van der Waals surface area contributed by atoms with Gasteiger partial charge in [0.25, 0.3) is 0 Å². The molecular formula is C36H47FN6O4. The zero-order valence-electron chi connectivity index (χ0n) is 27.8. The van der Waals surface area contributed by atoms with E-state index >= 15 is 0 Å². The second-order valence-electron chi connectivity index (χ2n) is 12.1. The molecule has 0 spiro atoms. The van der Waals surface area contributed by atoms with Crippen molar-refractivity contribution < 1.29 is 18.8 Å². The average molecular weight is 647 g/mol. The maximum atomic E-state index is 14.2. The van der Waals surface area contributed by atoms with Crippen molar-refractivity contribution in [3.8, 4) is 17.0 Å². The number of hydrogen-bond donors (Lipinski definition) is 2. The van der Waals surface area contributed by atoms with Crippen LogP contribution in [0.15, 0.2) is 48.8 Å². The number of amides is 1. The summed E-state index contributed by atoms with van der Waals surface area (Å²) in [6.07, 6.45) is 19.9. The normalized spacial score (nSPS) is 11.1. The number of nitro groups is 1. The van der Waals surface area contributed by atoms with Gasteiger partial charge in [-0.1, -0.05) is 102 Å². The van der Waals surface area contributed by atoms with Gasteiger partial charge in [0.05, 0.1) is 29.6 Å². The minimum Gasteiger partial charge on any atom is -0.494 e. The van der Waals surface area contributed by atoms with E-state index in [0.29, 0.717) is 17.8 Å². The fourth-order valence-corrected chi connectivity index (χ4v) is 5.86. The number of hydrogen-bond acceptors (Lipinski definition) is 7. The summed E-state index contributed by atoms with van der Waals surface area (Å²) in [4.78, 5) is 32.7. The van der Waals surface area contributed by atoms with Gasteiger partial charge in [-0.25, -0.2) is 9.97 Å². The van der Waals surface area contributed by atoms with Gasteiger partial charge in [0.2, 0.25) is 17.7 Å². The first-order valence-electron chi connectivity index (χ1n) is 16.8. The molecule has 0 bridgehead atoms. The molecule has 11 heteroatoms. The van der Waals surface area contributed by atoms with E-state index in [2.05, 4.69) is 22.5 Å². The molecule has 47 heavy (non-hydrogen) atoms. The standard InChI is InChI=1S/C36H47FN6O4/c1-4-5-6-7-8-9-10-11-12-13-14-15-16-21-34(44)39-30-24-38-36(40-29-23-32(43(45)46)28(37)22-33(29)47-3)41-35(30)27-25-42(2)31-20-18-17-19-26(27)31/h17-20,22-25H,4-16,21H2,1-3H3,(H,39,44)(H,38,40,41). The Balaban J connectivity index is 1.40. The highest BCUT2D eigenvalue weighted by molar-refractivity contribution is 6.01. The number of aryl methyl sites for hydroxylation is 1. The number of nitrogens with zero attached hydrogens (tertiary/aromatic N) is 4. The highest BCUT2D eigenvalue weighted by Crippen LogP contribution is 2.36. The molecule has 0 unspecified atom stereocenters. The van der Waals surface area contributed by atoms with E-state index < -0.39 is 16.4 Å². The van der Waals surface area contributed by atoms with Crippen LogP contribution in [0.2, 0.25) is 0 Å². The van der Waals surface area contributed by atoms with Crippen molar-refractivity contribution in [3.63, 3.8) is 0 Å². The predicted octanol–water partition coefficient (Wildman–Crippen LogP) is 9.85. The maximum Gasteiger partial charge on any atom is 0.307 e. The summed E-state index contributed by atoms with van der Waals surface area (Å²) in [6.45, 7) is 2.25. The number of carbonyl (C=O) groups is 1. The molecule has 4 aromatic rings. The Bertz CT molecular complexity index is 1640. The molecule has 0 saturated carbocycles. The van der Waals surface area contributed by atoms with Crippen LogP contribution in [-0.2, 0) is 11.8 Å². The highest BCUT2D eigenvalue weighted by Gasteiger charge is 2.21. The minimum atomic E-state index is -1.02. The lowest BCUT2D eigenvalue weighted by molar-refractivity contribution is -0.387. The van der Waals surface area contributed by atoms with Gasteiger partial charge in [-0.3, -0.25) is 14.9 Å². The number of methoxy groups -OCH3 is 1. The maximum absolute atomic E-state index is 14.2. The van der Waals surface area contributed by atoms with E-state index in [1.165, 1.54) is 77.5 Å². The molecule has 252 valence electrons. The van der Waals surface area contributed by atoms with E-state index in [0.717, 1.165) is 47.9 Å². The van der Waals surface area contributed by atoms with Crippen molar-refractivity contribution in [2.75, 3.05) is 17.7 Å². The van der Waals surface area contributed by atoms with Crippen molar-refractivity contribution in [1.82, 2.24) is 14.5 Å². The molecule has 0 aliphatic rings. The lowest BCUT2D eigenvalue weighted by atomic mass is 10.0. The average Bonchev–Trinajstić information content (AvgIpc) is 3.40. The van der Waals surface area contributed by atoms with Crippen LogP contribution in [0.25, 0.3) is 22.2 Å². The summed E-state index contributed by atoms with van der Waals surface area (Å²) in [6, 6.07) is 9.84. The molecule has 2 N–H and O–H groups in total. The van der Waals surface area contributed by atoms with Crippen LogP contribution in [0, 0.1) is 15.9 Å². The zero-order valence-corrected chi connectivity index (χ0v) is 27.8. The number of benzene rings is 2. The van der Waals surface area contributed by atoms with E-state index in [4.69, 9.17) is 9.72 Å². The number of nitro benzene ring substituents is 1. The van der Waals surface area contributed by atoms with Gasteiger partial charge < -0.3 is 19.9 Å². The number of anilines is 3. The molecule has 0 fully saturated rings. The lowest BCUT2D eigenvalue weighted by Crippen LogP contribution is -2.13. The van der Waals surface area contributed by atoms with Crippen LogP contribution in [0.3, 0.4) is 0 Å². The number of para-hydroxylation sites is 1. The third-order valence-electron chi connectivity index (χ3n) is 8.43. The summed E-state index contributed by atoms with van der Waals surface area (Å²) < 4.78 is 21.5. The molecule has 0 radical (unpaired) electrons. The summed E-state index contributed by atoms with van der Waals surface area (Å²) in [5, 5.41) is 18.2. The molecule has 0 atom stereocenters. The molecule has 0 aliphatic carbocycles. The third kappa shape index (κ3) is 9.97. The number of unbranched alkanes of at least 4 members (excludes halogenated alkanes) is 12. The van der Waals surface area contributed by atoms with Gasteiger partial charge in [-0.15, -0.1) is 0 Å². The van der Waals surface area contributed by atoms with Gasteiger partial charge in [-0.2, -0.15) is 4.39 Å². The van der Waals surface area contributed by atoms with Crippen LogP contribution >= 0.6 is 0 Å². The molecule has 1 amide bonds. The predicted molar refractivity (Wildman–Crippen MR) is 186 cm³/mol. The fraction of sp³-hybridized carbons (Fsp3) is 0.472. The highest BCUT2D eigenvalue weighted by atomic mass is 19.1.